The highest BCUT2D eigenvalue weighted by Crippen LogP contribution is 2.37. The second kappa shape index (κ2) is 15.3. The molecule has 3 rings (SSSR count). The first-order chi connectivity index (χ1) is 20.8. The van der Waals surface area contributed by atoms with E-state index in [1.165, 1.54) is 36.3 Å². The molecule has 3 aromatic carbocycles. The summed E-state index contributed by atoms with van der Waals surface area (Å²) < 4.78 is 74.7. The maximum absolute atomic E-state index is 14.1. The number of nitrogens with one attached hydrogen (secondary N) is 1. The molecular formula is C31H35ClF3N3O5S. The predicted molar refractivity (Wildman–Crippen MR) is 163 cm³/mol. The normalized spacial score (nSPS) is 12.3. The number of rotatable bonds is 14. The van der Waals surface area contributed by atoms with E-state index in [0.717, 1.165) is 18.6 Å². The fourth-order valence-corrected chi connectivity index (χ4v) is 6.18. The molecule has 0 aliphatic carbocycles. The molecule has 0 aromatic heterocycles. The van der Waals surface area contributed by atoms with Crippen molar-refractivity contribution >= 4 is 39.1 Å². The molecule has 0 spiro atoms. The first-order valence-electron chi connectivity index (χ1n) is 14.0. The van der Waals surface area contributed by atoms with E-state index in [1.54, 1.807) is 37.3 Å². The second-order valence-corrected chi connectivity index (χ2v) is 12.2. The zero-order valence-electron chi connectivity index (χ0n) is 24.6. The van der Waals surface area contributed by atoms with Crippen LogP contribution in [0, 0.1) is 0 Å². The van der Waals surface area contributed by atoms with Gasteiger partial charge in [0.05, 0.1) is 28.3 Å². The number of benzene rings is 3. The van der Waals surface area contributed by atoms with Gasteiger partial charge in [-0.1, -0.05) is 62.2 Å². The van der Waals surface area contributed by atoms with Crippen molar-refractivity contribution in [3.63, 3.8) is 0 Å². The van der Waals surface area contributed by atoms with Crippen LogP contribution < -0.4 is 14.4 Å². The molecule has 0 saturated carbocycles. The van der Waals surface area contributed by atoms with Crippen LogP contribution in [0.15, 0.2) is 77.7 Å². The highest BCUT2D eigenvalue weighted by atomic mass is 35.5. The van der Waals surface area contributed by atoms with Gasteiger partial charge in [-0.05, 0) is 60.9 Å². The van der Waals surface area contributed by atoms with Crippen molar-refractivity contribution in [2.24, 2.45) is 0 Å². The monoisotopic (exact) mass is 653 g/mol. The van der Waals surface area contributed by atoms with E-state index in [0.29, 0.717) is 34.7 Å². The lowest BCUT2D eigenvalue weighted by Gasteiger charge is -2.33. The third kappa shape index (κ3) is 8.66. The number of carbonyl (C=O) groups is 2. The predicted octanol–water partition coefficient (Wildman–Crippen LogP) is 6.29. The van der Waals surface area contributed by atoms with E-state index >= 15 is 0 Å². The molecule has 0 fully saturated rings. The Bertz CT molecular complexity index is 1520. The third-order valence-corrected chi connectivity index (χ3v) is 8.97. The summed E-state index contributed by atoms with van der Waals surface area (Å²) in [6.07, 6.45) is -3.08. The number of amides is 2. The van der Waals surface area contributed by atoms with Gasteiger partial charge < -0.3 is 15.0 Å². The second-order valence-electron chi connectivity index (χ2n) is 9.93. The quantitative estimate of drug-likeness (QED) is 0.207. The number of ether oxygens (including phenoxy) is 1. The molecule has 13 heteroatoms. The van der Waals surface area contributed by atoms with E-state index in [-0.39, 0.29) is 22.9 Å². The summed E-state index contributed by atoms with van der Waals surface area (Å²) in [6.45, 7) is 3.04. The van der Waals surface area contributed by atoms with Gasteiger partial charge in [-0.25, -0.2) is 8.42 Å². The summed E-state index contributed by atoms with van der Waals surface area (Å²) in [5.74, 6) is -0.682. The fraction of sp³-hybridized carbons (Fsp3) is 0.355. The average molecular weight is 654 g/mol. The molecule has 0 unspecified atom stereocenters. The minimum Gasteiger partial charge on any atom is -0.497 e. The largest absolute Gasteiger partial charge is 0.497 e. The number of methoxy groups -OCH3 is 1. The Morgan fingerprint density at radius 3 is 2.23 bits per heavy atom. The van der Waals surface area contributed by atoms with E-state index < -0.39 is 51.9 Å². The van der Waals surface area contributed by atoms with Gasteiger partial charge in [0.1, 0.15) is 18.3 Å². The molecule has 0 aliphatic heterocycles. The Kier molecular flexibility index (Phi) is 12.1. The first-order valence-corrected chi connectivity index (χ1v) is 15.8. The summed E-state index contributed by atoms with van der Waals surface area (Å²) in [7, 11) is -3.10. The standard InChI is InChI=1S/C31H35ClF3N3O5S/c1-4-6-18-36-30(40)27(5-2)37(20-22-12-15-24(43-3)16-13-22)29(39)21-38(44(41,42)25-10-8-7-9-11-25)28-19-23(31(33,34)35)14-17-26(28)32/h7-17,19,27H,4-6,18,20-21H2,1-3H3,(H,36,40)/t27-/m1/s1. The lowest BCUT2D eigenvalue weighted by atomic mass is 10.1. The van der Waals surface area contributed by atoms with Gasteiger partial charge >= 0.3 is 6.18 Å². The number of alkyl halides is 3. The van der Waals surface area contributed by atoms with Crippen LogP contribution in [0.3, 0.4) is 0 Å². The minimum atomic E-state index is -4.81. The van der Waals surface area contributed by atoms with Crippen molar-refractivity contribution in [3.05, 3.63) is 88.9 Å². The SMILES string of the molecule is CCCCNC(=O)[C@@H](CC)N(Cc1ccc(OC)cc1)C(=O)CN(c1cc(C(F)(F)F)ccc1Cl)S(=O)(=O)c1ccccc1. The van der Waals surface area contributed by atoms with Gasteiger partial charge in [-0.3, -0.25) is 13.9 Å². The maximum Gasteiger partial charge on any atom is 0.416 e. The molecule has 1 N–H and O–H groups in total. The number of hydrogen-bond acceptors (Lipinski definition) is 5. The number of hydrogen-bond donors (Lipinski definition) is 1. The van der Waals surface area contributed by atoms with Crippen LogP contribution in [0.1, 0.15) is 44.2 Å². The van der Waals surface area contributed by atoms with Crippen molar-refractivity contribution in [3.8, 4) is 5.75 Å². The number of carbonyl (C=O) groups excluding carboxylic acids is 2. The topological polar surface area (TPSA) is 96.0 Å². The van der Waals surface area contributed by atoms with Crippen molar-refractivity contribution in [1.29, 1.82) is 0 Å². The fourth-order valence-electron chi connectivity index (χ4n) is 4.47. The van der Waals surface area contributed by atoms with Crippen molar-refractivity contribution in [2.45, 2.75) is 56.8 Å². The van der Waals surface area contributed by atoms with Crippen LogP contribution in [-0.2, 0) is 32.3 Å². The number of sulfonamides is 1. The molecule has 0 heterocycles. The molecule has 0 radical (unpaired) electrons. The Hall–Kier alpha value is -3.77. The van der Waals surface area contributed by atoms with Crippen molar-refractivity contribution < 1.29 is 35.9 Å². The highest BCUT2D eigenvalue weighted by molar-refractivity contribution is 7.92. The van der Waals surface area contributed by atoms with Gasteiger partial charge in [0.15, 0.2) is 0 Å². The van der Waals surface area contributed by atoms with Gasteiger partial charge in [-0.15, -0.1) is 0 Å². The molecule has 238 valence electrons. The van der Waals surface area contributed by atoms with Crippen molar-refractivity contribution in [2.75, 3.05) is 24.5 Å². The zero-order chi connectivity index (χ0) is 32.5. The van der Waals surface area contributed by atoms with Crippen LogP contribution in [0.5, 0.6) is 5.75 Å². The molecule has 0 aliphatic rings. The molecular weight excluding hydrogens is 619 g/mol. The molecule has 8 nitrogen and oxygen atoms in total. The molecule has 3 aromatic rings. The van der Waals surface area contributed by atoms with Gasteiger partial charge in [0.2, 0.25) is 11.8 Å². The Morgan fingerprint density at radius 1 is 1.00 bits per heavy atom. The van der Waals surface area contributed by atoms with Crippen LogP contribution in [0.4, 0.5) is 18.9 Å². The van der Waals surface area contributed by atoms with Crippen LogP contribution >= 0.6 is 11.6 Å². The zero-order valence-corrected chi connectivity index (χ0v) is 26.2. The Labute approximate surface area is 260 Å². The van der Waals surface area contributed by atoms with Gasteiger partial charge in [-0.2, -0.15) is 13.2 Å². The smallest absolute Gasteiger partial charge is 0.416 e. The first kappa shape index (κ1) is 34.7. The lowest BCUT2D eigenvalue weighted by Crippen LogP contribution is -2.52. The highest BCUT2D eigenvalue weighted by Gasteiger charge is 2.37. The minimum absolute atomic E-state index is 0.0852. The average Bonchev–Trinajstić information content (AvgIpc) is 3.00. The summed E-state index contributed by atoms with van der Waals surface area (Å²) in [5, 5.41) is 2.51. The number of nitrogens with zero attached hydrogens (tertiary/aromatic N) is 2. The van der Waals surface area contributed by atoms with E-state index in [4.69, 9.17) is 16.3 Å². The molecule has 2 amide bonds. The Morgan fingerprint density at radius 2 is 1.66 bits per heavy atom. The summed E-state index contributed by atoms with van der Waals surface area (Å²) in [4.78, 5) is 28.4. The molecule has 0 saturated heterocycles. The van der Waals surface area contributed by atoms with Crippen LogP contribution in [0.2, 0.25) is 5.02 Å². The molecule has 1 atom stereocenters. The number of unbranched alkanes of at least 4 members (excludes halogenated alkanes) is 1. The van der Waals surface area contributed by atoms with Crippen LogP contribution in [-0.4, -0.2) is 51.4 Å². The lowest BCUT2D eigenvalue weighted by molar-refractivity contribution is -0.140. The van der Waals surface area contributed by atoms with E-state index in [9.17, 15) is 31.2 Å². The number of anilines is 1. The summed E-state index contributed by atoms with van der Waals surface area (Å²) in [6, 6.07) is 15.0. The van der Waals surface area contributed by atoms with Gasteiger partial charge in [0.25, 0.3) is 10.0 Å². The maximum atomic E-state index is 14.1. The van der Waals surface area contributed by atoms with Crippen molar-refractivity contribution in [1.82, 2.24) is 10.2 Å². The molecule has 0 bridgehead atoms. The third-order valence-electron chi connectivity index (χ3n) is 6.88. The summed E-state index contributed by atoms with van der Waals surface area (Å²) >= 11 is 6.29. The summed E-state index contributed by atoms with van der Waals surface area (Å²) in [5.41, 5.74) is -1.05. The molecule has 44 heavy (non-hydrogen) atoms. The van der Waals surface area contributed by atoms with E-state index in [1.807, 2.05) is 6.92 Å². The van der Waals surface area contributed by atoms with Gasteiger partial charge in [0, 0.05) is 13.1 Å². The van der Waals surface area contributed by atoms with Crippen LogP contribution in [0.25, 0.3) is 0 Å². The Balaban J connectivity index is 2.12. The van der Waals surface area contributed by atoms with E-state index in [2.05, 4.69) is 5.32 Å². The number of halogens is 4.